The summed E-state index contributed by atoms with van der Waals surface area (Å²) in [7, 11) is 0. The van der Waals surface area contributed by atoms with Crippen LogP contribution in [0.25, 0.3) is 0 Å². The minimum absolute atomic E-state index is 0.0181. The summed E-state index contributed by atoms with van der Waals surface area (Å²) in [4.78, 5) is 26.4. The van der Waals surface area contributed by atoms with Crippen LogP contribution in [-0.4, -0.2) is 21.0 Å². The van der Waals surface area contributed by atoms with Gasteiger partial charge in [-0.1, -0.05) is 0 Å². The quantitative estimate of drug-likeness (QED) is 0.585. The molecule has 0 atom stereocenters. The number of aromatic nitrogens is 2. The number of aromatic amines is 1. The zero-order chi connectivity index (χ0) is 8.43. The Bertz CT molecular complexity index is 342. The zero-order valence-electron chi connectivity index (χ0n) is 5.79. The molecule has 0 aliphatic carbocycles. The third kappa shape index (κ3) is 1.43. The number of hydrogen-bond donors (Lipinski definition) is 2. The average Bonchev–Trinajstić information content (AvgIpc) is 1.85. The Morgan fingerprint density at radius 2 is 2.36 bits per heavy atom. The fraction of sp³-hybridized carbons (Fsp3) is 0.167. The Morgan fingerprint density at radius 1 is 1.73 bits per heavy atom. The first kappa shape index (κ1) is 7.46. The number of aryl methyl sites for hydroxylation is 1. The van der Waals surface area contributed by atoms with Crippen molar-refractivity contribution in [2.24, 2.45) is 0 Å². The molecule has 0 radical (unpaired) electrons. The Labute approximate surface area is 61.7 Å². The summed E-state index contributed by atoms with van der Waals surface area (Å²) < 4.78 is 0. The van der Waals surface area contributed by atoms with Crippen molar-refractivity contribution in [1.29, 1.82) is 0 Å². The van der Waals surface area contributed by atoms with Crippen LogP contribution in [0.5, 0.6) is 0 Å². The number of rotatable bonds is 1. The highest BCUT2D eigenvalue weighted by Crippen LogP contribution is 1.97. The maximum Gasteiger partial charge on any atom is 0.345 e. The van der Waals surface area contributed by atoms with Gasteiger partial charge in [0.1, 0.15) is 0 Å². The molecular formula is C6H6N2O3. The highest BCUT2D eigenvalue weighted by molar-refractivity contribution is 5.88. The lowest BCUT2D eigenvalue weighted by atomic mass is 10.2. The minimum atomic E-state index is -1.09. The Hall–Kier alpha value is -1.65. The lowest BCUT2D eigenvalue weighted by Crippen LogP contribution is -2.14. The van der Waals surface area contributed by atoms with E-state index in [1.807, 2.05) is 0 Å². The zero-order valence-corrected chi connectivity index (χ0v) is 5.79. The van der Waals surface area contributed by atoms with Gasteiger partial charge in [0.05, 0.1) is 5.56 Å². The Balaban J connectivity index is 3.31. The van der Waals surface area contributed by atoms with Crippen molar-refractivity contribution >= 4 is 5.97 Å². The van der Waals surface area contributed by atoms with Crippen molar-refractivity contribution < 1.29 is 9.90 Å². The number of nitrogens with one attached hydrogen (secondary N) is 1. The molecular weight excluding hydrogens is 148 g/mol. The van der Waals surface area contributed by atoms with E-state index in [-0.39, 0.29) is 5.56 Å². The first-order valence-electron chi connectivity index (χ1n) is 2.90. The van der Waals surface area contributed by atoms with E-state index in [0.29, 0.717) is 5.69 Å². The second-order valence-corrected chi connectivity index (χ2v) is 2.03. The highest BCUT2D eigenvalue weighted by atomic mass is 16.4. The van der Waals surface area contributed by atoms with E-state index in [2.05, 4.69) is 9.97 Å². The van der Waals surface area contributed by atoms with E-state index in [9.17, 15) is 9.59 Å². The van der Waals surface area contributed by atoms with Crippen LogP contribution in [0, 0.1) is 6.92 Å². The van der Waals surface area contributed by atoms with Crippen molar-refractivity contribution in [3.63, 3.8) is 0 Å². The summed E-state index contributed by atoms with van der Waals surface area (Å²) in [5.74, 6) is -1.09. The van der Waals surface area contributed by atoms with Gasteiger partial charge in [0.25, 0.3) is 0 Å². The molecule has 0 spiro atoms. The molecule has 0 saturated carbocycles. The van der Waals surface area contributed by atoms with Crippen LogP contribution in [-0.2, 0) is 0 Å². The SMILES string of the molecule is Cc1[nH]c(=O)ncc1C(=O)O. The van der Waals surface area contributed by atoms with Crippen LogP contribution in [0.2, 0.25) is 0 Å². The first-order valence-corrected chi connectivity index (χ1v) is 2.90. The molecule has 0 aromatic carbocycles. The van der Waals surface area contributed by atoms with Gasteiger partial charge in [0, 0.05) is 11.9 Å². The van der Waals surface area contributed by atoms with Gasteiger partial charge in [0.2, 0.25) is 0 Å². The van der Waals surface area contributed by atoms with Crippen LogP contribution in [0.3, 0.4) is 0 Å². The third-order valence-corrected chi connectivity index (χ3v) is 1.24. The maximum absolute atomic E-state index is 10.5. The molecule has 0 aliphatic rings. The molecule has 1 aromatic rings. The molecule has 0 bridgehead atoms. The predicted molar refractivity (Wildman–Crippen MR) is 36.6 cm³/mol. The van der Waals surface area contributed by atoms with Gasteiger partial charge < -0.3 is 10.1 Å². The molecule has 0 fully saturated rings. The number of hydrogen-bond acceptors (Lipinski definition) is 3. The summed E-state index contributed by atoms with van der Waals surface area (Å²) in [6.07, 6.45) is 1.04. The monoisotopic (exact) mass is 154 g/mol. The summed E-state index contributed by atoms with van der Waals surface area (Å²) >= 11 is 0. The molecule has 0 saturated heterocycles. The van der Waals surface area contributed by atoms with E-state index < -0.39 is 11.7 Å². The molecule has 1 rings (SSSR count). The van der Waals surface area contributed by atoms with E-state index in [0.717, 1.165) is 6.20 Å². The first-order chi connectivity index (χ1) is 5.11. The molecule has 1 heterocycles. The molecule has 0 unspecified atom stereocenters. The molecule has 1 aromatic heterocycles. The standard InChI is InChI=1S/C6H6N2O3/c1-3-4(5(9)10)2-7-6(11)8-3/h2H,1H3,(H,9,10)(H,7,8,11). The number of carboxylic acids is 1. The van der Waals surface area contributed by atoms with Crippen molar-refractivity contribution in [2.75, 3.05) is 0 Å². The molecule has 2 N–H and O–H groups in total. The van der Waals surface area contributed by atoms with Gasteiger partial charge in [-0.25, -0.2) is 14.6 Å². The van der Waals surface area contributed by atoms with E-state index in [1.54, 1.807) is 0 Å². The normalized spacial score (nSPS) is 9.55. The Morgan fingerprint density at radius 3 is 2.82 bits per heavy atom. The van der Waals surface area contributed by atoms with E-state index in [4.69, 9.17) is 5.11 Å². The van der Waals surface area contributed by atoms with Gasteiger partial charge in [-0.15, -0.1) is 0 Å². The fourth-order valence-electron chi connectivity index (χ4n) is 0.696. The number of carboxylic acid groups (broad SMARTS) is 1. The van der Waals surface area contributed by atoms with Crippen LogP contribution >= 0.6 is 0 Å². The highest BCUT2D eigenvalue weighted by Gasteiger charge is 2.06. The summed E-state index contributed by atoms with van der Waals surface area (Å²) in [6, 6.07) is 0. The third-order valence-electron chi connectivity index (χ3n) is 1.24. The van der Waals surface area contributed by atoms with Gasteiger partial charge in [-0.3, -0.25) is 0 Å². The summed E-state index contributed by atoms with van der Waals surface area (Å²) in [6.45, 7) is 1.51. The predicted octanol–water partition coefficient (Wildman–Crippen LogP) is -0.223. The molecule has 0 amide bonds. The van der Waals surface area contributed by atoms with Crippen LogP contribution in [0.15, 0.2) is 11.0 Å². The second-order valence-electron chi connectivity index (χ2n) is 2.03. The number of aromatic carboxylic acids is 1. The molecule has 5 heteroatoms. The van der Waals surface area contributed by atoms with Crippen LogP contribution in [0.4, 0.5) is 0 Å². The van der Waals surface area contributed by atoms with Gasteiger partial charge in [-0.05, 0) is 6.92 Å². The molecule has 11 heavy (non-hydrogen) atoms. The van der Waals surface area contributed by atoms with Crippen molar-refractivity contribution in [2.45, 2.75) is 6.92 Å². The summed E-state index contributed by atoms with van der Waals surface area (Å²) in [5, 5.41) is 8.49. The second kappa shape index (κ2) is 2.53. The molecule has 0 aliphatic heterocycles. The summed E-state index contributed by atoms with van der Waals surface area (Å²) in [5.41, 5.74) is -0.199. The van der Waals surface area contributed by atoms with E-state index in [1.165, 1.54) is 6.92 Å². The number of H-pyrrole nitrogens is 1. The van der Waals surface area contributed by atoms with Gasteiger partial charge in [-0.2, -0.15) is 0 Å². The number of nitrogens with zero attached hydrogens (tertiary/aromatic N) is 1. The lowest BCUT2D eigenvalue weighted by molar-refractivity contribution is 0.0695. The lowest BCUT2D eigenvalue weighted by Gasteiger charge is -1.95. The number of carbonyl (C=O) groups is 1. The maximum atomic E-state index is 10.5. The van der Waals surface area contributed by atoms with Crippen molar-refractivity contribution in [3.05, 3.63) is 27.9 Å². The van der Waals surface area contributed by atoms with Gasteiger partial charge >= 0.3 is 11.7 Å². The fourth-order valence-corrected chi connectivity index (χ4v) is 0.696. The van der Waals surface area contributed by atoms with Crippen LogP contribution < -0.4 is 5.69 Å². The smallest absolute Gasteiger partial charge is 0.345 e. The van der Waals surface area contributed by atoms with Gasteiger partial charge in [0.15, 0.2) is 0 Å². The van der Waals surface area contributed by atoms with Crippen molar-refractivity contribution in [1.82, 2.24) is 9.97 Å². The Kier molecular flexibility index (Phi) is 1.72. The van der Waals surface area contributed by atoms with E-state index >= 15 is 0 Å². The largest absolute Gasteiger partial charge is 0.478 e. The molecule has 5 nitrogen and oxygen atoms in total. The van der Waals surface area contributed by atoms with Crippen molar-refractivity contribution in [3.8, 4) is 0 Å². The molecule has 58 valence electrons. The minimum Gasteiger partial charge on any atom is -0.478 e. The average molecular weight is 154 g/mol. The topological polar surface area (TPSA) is 83.0 Å². The van der Waals surface area contributed by atoms with Crippen LogP contribution in [0.1, 0.15) is 16.1 Å².